The van der Waals surface area contributed by atoms with Crippen molar-refractivity contribution in [3.63, 3.8) is 0 Å². The van der Waals surface area contributed by atoms with Crippen LogP contribution >= 0.6 is 0 Å². The maximum atomic E-state index is 12.2. The minimum absolute atomic E-state index is 0.184. The fourth-order valence-electron chi connectivity index (χ4n) is 2.54. The van der Waals surface area contributed by atoms with Crippen molar-refractivity contribution in [3.05, 3.63) is 65.5 Å². The van der Waals surface area contributed by atoms with Gasteiger partial charge in [-0.1, -0.05) is 41.6 Å². The summed E-state index contributed by atoms with van der Waals surface area (Å²) in [5, 5.41) is 6.80. The second-order valence-electron chi connectivity index (χ2n) is 6.42. The molecule has 27 heavy (non-hydrogen) atoms. The van der Waals surface area contributed by atoms with Crippen LogP contribution in [0.15, 0.2) is 53.1 Å². The lowest BCUT2D eigenvalue weighted by Crippen LogP contribution is -2.37. The van der Waals surface area contributed by atoms with Gasteiger partial charge in [-0.25, -0.2) is 0 Å². The molecule has 3 aromatic rings. The van der Waals surface area contributed by atoms with Crippen LogP contribution in [0.5, 0.6) is 5.75 Å². The molecule has 0 radical (unpaired) electrons. The van der Waals surface area contributed by atoms with Crippen LogP contribution in [0, 0.1) is 13.8 Å². The van der Waals surface area contributed by atoms with Gasteiger partial charge in [0.05, 0.1) is 0 Å². The summed E-state index contributed by atoms with van der Waals surface area (Å²) in [7, 11) is 0. The molecule has 0 saturated carbocycles. The Morgan fingerprint density at radius 1 is 1.15 bits per heavy atom. The second kappa shape index (κ2) is 8.49. The van der Waals surface area contributed by atoms with Crippen LogP contribution in [0.1, 0.15) is 23.9 Å². The van der Waals surface area contributed by atoms with Crippen LogP contribution in [-0.2, 0) is 11.2 Å². The topological polar surface area (TPSA) is 77.2 Å². The Morgan fingerprint density at radius 2 is 1.93 bits per heavy atom. The molecule has 1 N–H and O–H groups in total. The standard InChI is InChI=1S/C21H23N3O3/c1-14-9-10-18(13-15(14)2)26-16(3)21(25)22-12-11-19-23-20(24-27-19)17-7-5-4-6-8-17/h4-10,13,16H,11-12H2,1-3H3,(H,22,25)/t16-/m0/s1. The first-order chi connectivity index (χ1) is 13.0. The van der Waals surface area contributed by atoms with Gasteiger partial charge < -0.3 is 14.6 Å². The summed E-state index contributed by atoms with van der Waals surface area (Å²) in [5.41, 5.74) is 3.21. The number of carbonyl (C=O) groups excluding carboxylic acids is 1. The summed E-state index contributed by atoms with van der Waals surface area (Å²) in [4.78, 5) is 16.6. The summed E-state index contributed by atoms with van der Waals surface area (Å²) in [6.07, 6.45) is -0.128. The minimum atomic E-state index is -0.588. The lowest BCUT2D eigenvalue weighted by atomic mass is 10.1. The van der Waals surface area contributed by atoms with Crippen molar-refractivity contribution >= 4 is 5.91 Å². The number of benzene rings is 2. The van der Waals surface area contributed by atoms with Crippen LogP contribution < -0.4 is 10.1 Å². The van der Waals surface area contributed by atoms with Crippen LogP contribution in [0.2, 0.25) is 0 Å². The minimum Gasteiger partial charge on any atom is -0.481 e. The Hall–Kier alpha value is -3.15. The molecule has 0 unspecified atom stereocenters. The van der Waals surface area contributed by atoms with Crippen molar-refractivity contribution in [1.82, 2.24) is 15.5 Å². The van der Waals surface area contributed by atoms with Crippen molar-refractivity contribution in [1.29, 1.82) is 0 Å². The van der Waals surface area contributed by atoms with E-state index in [1.54, 1.807) is 6.92 Å². The van der Waals surface area contributed by atoms with E-state index in [9.17, 15) is 4.79 Å². The van der Waals surface area contributed by atoms with Crippen molar-refractivity contribution in [2.45, 2.75) is 33.3 Å². The molecule has 0 bridgehead atoms. The highest BCUT2D eigenvalue weighted by Gasteiger charge is 2.15. The molecule has 2 aromatic carbocycles. The van der Waals surface area contributed by atoms with Gasteiger partial charge in [-0.15, -0.1) is 0 Å². The molecule has 1 atom stereocenters. The number of rotatable bonds is 7. The van der Waals surface area contributed by atoms with E-state index >= 15 is 0 Å². The van der Waals surface area contributed by atoms with Crippen LogP contribution in [0.3, 0.4) is 0 Å². The molecular formula is C21H23N3O3. The normalized spacial score (nSPS) is 11.8. The summed E-state index contributed by atoms with van der Waals surface area (Å²) in [6, 6.07) is 15.4. The largest absolute Gasteiger partial charge is 0.481 e. The summed E-state index contributed by atoms with van der Waals surface area (Å²) in [5.74, 6) is 1.53. The number of carbonyl (C=O) groups is 1. The number of aromatic nitrogens is 2. The van der Waals surface area contributed by atoms with Crippen molar-refractivity contribution < 1.29 is 14.1 Å². The van der Waals surface area contributed by atoms with Gasteiger partial charge in [-0.05, 0) is 44.0 Å². The molecule has 6 heteroatoms. The number of hydrogen-bond acceptors (Lipinski definition) is 5. The molecule has 3 rings (SSSR count). The molecule has 1 aromatic heterocycles. The van der Waals surface area contributed by atoms with E-state index in [2.05, 4.69) is 15.5 Å². The van der Waals surface area contributed by atoms with Crippen molar-refractivity contribution in [2.24, 2.45) is 0 Å². The second-order valence-corrected chi connectivity index (χ2v) is 6.42. The number of nitrogens with one attached hydrogen (secondary N) is 1. The first kappa shape index (κ1) is 18.6. The lowest BCUT2D eigenvalue weighted by molar-refractivity contribution is -0.127. The van der Waals surface area contributed by atoms with E-state index in [0.29, 0.717) is 30.4 Å². The lowest BCUT2D eigenvalue weighted by Gasteiger charge is -2.15. The Morgan fingerprint density at radius 3 is 2.67 bits per heavy atom. The fourth-order valence-corrected chi connectivity index (χ4v) is 2.54. The van der Waals surface area contributed by atoms with Crippen LogP contribution in [-0.4, -0.2) is 28.7 Å². The molecule has 1 heterocycles. The number of ether oxygens (including phenoxy) is 1. The summed E-state index contributed by atoms with van der Waals surface area (Å²) in [6.45, 7) is 6.18. The average molecular weight is 365 g/mol. The quantitative estimate of drug-likeness (QED) is 0.694. The van der Waals surface area contributed by atoms with Gasteiger partial charge in [0, 0.05) is 18.5 Å². The molecule has 0 aliphatic carbocycles. The molecule has 1 amide bonds. The van der Waals surface area contributed by atoms with Crippen molar-refractivity contribution in [2.75, 3.05) is 6.54 Å². The highest BCUT2D eigenvalue weighted by Crippen LogP contribution is 2.18. The monoisotopic (exact) mass is 365 g/mol. The van der Waals surface area contributed by atoms with Gasteiger partial charge in [0.25, 0.3) is 5.91 Å². The maximum Gasteiger partial charge on any atom is 0.260 e. The SMILES string of the molecule is Cc1ccc(O[C@@H](C)C(=O)NCCc2nc(-c3ccccc3)no2)cc1C. The van der Waals surface area contributed by atoms with Gasteiger partial charge in [-0.2, -0.15) is 4.98 Å². The van der Waals surface area contributed by atoms with Crippen LogP contribution in [0.4, 0.5) is 0 Å². The van der Waals surface area contributed by atoms with E-state index in [1.807, 2.05) is 62.4 Å². The molecule has 0 aliphatic rings. The van der Waals surface area contributed by atoms with Gasteiger partial charge in [0.1, 0.15) is 5.75 Å². The highest BCUT2D eigenvalue weighted by molar-refractivity contribution is 5.80. The zero-order valence-electron chi connectivity index (χ0n) is 15.7. The number of hydrogen-bond donors (Lipinski definition) is 1. The van der Waals surface area contributed by atoms with Gasteiger partial charge >= 0.3 is 0 Å². The van der Waals surface area contributed by atoms with Crippen molar-refractivity contribution in [3.8, 4) is 17.1 Å². The average Bonchev–Trinajstić information content (AvgIpc) is 3.14. The van der Waals surface area contributed by atoms with Gasteiger partial charge in [0.2, 0.25) is 11.7 Å². The molecule has 140 valence electrons. The maximum absolute atomic E-state index is 12.2. The van der Waals surface area contributed by atoms with E-state index in [0.717, 1.165) is 11.1 Å². The highest BCUT2D eigenvalue weighted by atomic mass is 16.5. The van der Waals surface area contributed by atoms with Gasteiger partial charge in [0.15, 0.2) is 6.10 Å². The summed E-state index contributed by atoms with van der Waals surface area (Å²) < 4.78 is 11.0. The summed E-state index contributed by atoms with van der Waals surface area (Å²) >= 11 is 0. The number of amides is 1. The molecule has 6 nitrogen and oxygen atoms in total. The first-order valence-corrected chi connectivity index (χ1v) is 8.92. The zero-order chi connectivity index (χ0) is 19.2. The van der Waals surface area contributed by atoms with E-state index < -0.39 is 6.10 Å². The molecule has 0 saturated heterocycles. The molecule has 0 spiro atoms. The zero-order valence-corrected chi connectivity index (χ0v) is 15.7. The Labute approximate surface area is 158 Å². The predicted octanol–water partition coefficient (Wildman–Crippen LogP) is 3.48. The Kier molecular flexibility index (Phi) is 5.86. The third-order valence-electron chi connectivity index (χ3n) is 4.30. The van der Waals surface area contributed by atoms with Gasteiger partial charge in [-0.3, -0.25) is 4.79 Å². The molecule has 0 fully saturated rings. The first-order valence-electron chi connectivity index (χ1n) is 8.92. The molecule has 0 aliphatic heterocycles. The van der Waals surface area contributed by atoms with E-state index in [4.69, 9.17) is 9.26 Å². The Bertz CT molecular complexity index is 906. The fraction of sp³-hybridized carbons (Fsp3) is 0.286. The van der Waals surface area contributed by atoms with E-state index in [1.165, 1.54) is 5.56 Å². The predicted molar refractivity (Wildman–Crippen MR) is 102 cm³/mol. The number of nitrogens with zero attached hydrogens (tertiary/aromatic N) is 2. The van der Waals surface area contributed by atoms with E-state index in [-0.39, 0.29) is 5.91 Å². The van der Waals surface area contributed by atoms with Crippen LogP contribution in [0.25, 0.3) is 11.4 Å². The third-order valence-corrected chi connectivity index (χ3v) is 4.30. The smallest absolute Gasteiger partial charge is 0.260 e. The Balaban J connectivity index is 1.47. The third kappa shape index (κ3) is 4.94. The molecular weight excluding hydrogens is 342 g/mol. The number of aryl methyl sites for hydroxylation is 2.